The monoisotopic (exact) mass is 412 g/mol. The van der Waals surface area contributed by atoms with Crippen molar-refractivity contribution in [3.8, 4) is 11.4 Å². The number of ether oxygens (including phenoxy) is 1. The van der Waals surface area contributed by atoms with E-state index in [1.54, 1.807) is 18.2 Å². The van der Waals surface area contributed by atoms with E-state index in [0.717, 1.165) is 23.1 Å². The zero-order valence-corrected chi connectivity index (χ0v) is 15.8. The third kappa shape index (κ3) is 4.75. The normalized spacial score (nSPS) is 16.3. The van der Waals surface area contributed by atoms with Crippen molar-refractivity contribution >= 4 is 47.4 Å². The van der Waals surface area contributed by atoms with Gasteiger partial charge in [-0.3, -0.25) is 4.79 Å². The Bertz CT molecular complexity index is 911. The number of carbonyl (C=O) groups excluding carboxylic acids is 1. The molecule has 2 heterocycles. The van der Waals surface area contributed by atoms with Crippen LogP contribution in [0.25, 0.3) is 22.4 Å². The molecule has 3 N–H and O–H groups in total. The van der Waals surface area contributed by atoms with E-state index in [1.807, 2.05) is 12.1 Å². The van der Waals surface area contributed by atoms with Gasteiger partial charge in [-0.1, -0.05) is 0 Å². The number of halogens is 3. The largest absolute Gasteiger partial charge is 0.366 e. The average Bonchev–Trinajstić information content (AvgIpc) is 3.06. The fraction of sp³-hybridized carbons (Fsp3) is 0.222. The molecule has 4 rings (SSSR count). The number of amides is 1. The van der Waals surface area contributed by atoms with Gasteiger partial charge in [-0.25, -0.2) is 9.37 Å². The van der Waals surface area contributed by atoms with Gasteiger partial charge in [0.25, 0.3) is 5.91 Å². The molecule has 9 heteroatoms. The van der Waals surface area contributed by atoms with Crippen LogP contribution in [-0.4, -0.2) is 41.7 Å². The van der Waals surface area contributed by atoms with Gasteiger partial charge in [-0.05, 0) is 42.5 Å². The van der Waals surface area contributed by atoms with Gasteiger partial charge in [-0.2, -0.15) is 0 Å². The zero-order valence-electron chi connectivity index (χ0n) is 14.2. The molecule has 1 aliphatic rings. The number of carbonyl (C=O) groups is 1. The third-order valence-corrected chi connectivity index (χ3v) is 4.09. The molecule has 0 saturated carbocycles. The molecular formula is C18H19Cl2FN4O2. The smallest absolute Gasteiger partial charge is 0.254 e. The quantitative estimate of drug-likeness (QED) is 0.617. The van der Waals surface area contributed by atoms with E-state index in [4.69, 9.17) is 4.74 Å². The molecule has 0 aliphatic carbocycles. The predicted octanol–water partition coefficient (Wildman–Crippen LogP) is 3.14. The van der Waals surface area contributed by atoms with Gasteiger partial charge >= 0.3 is 0 Å². The molecule has 3 aromatic rings. The minimum atomic E-state index is -0.485. The molecule has 1 atom stereocenters. The molecule has 27 heavy (non-hydrogen) atoms. The Labute approximate surface area is 167 Å². The van der Waals surface area contributed by atoms with Crippen LogP contribution in [0, 0.1) is 5.82 Å². The maximum Gasteiger partial charge on any atom is 0.254 e. The number of morpholine rings is 1. The SMILES string of the molecule is Cl.Cl.O=C(Nc1ccc2nc(-c3ccc(F)cc3)[nH]c2c1)[C@H]1CNCCO1. The van der Waals surface area contributed by atoms with Gasteiger partial charge in [0.1, 0.15) is 17.7 Å². The number of hydrogen-bond acceptors (Lipinski definition) is 4. The Kier molecular flexibility index (Phi) is 7.15. The second-order valence-electron chi connectivity index (χ2n) is 5.88. The van der Waals surface area contributed by atoms with Crippen LogP contribution in [-0.2, 0) is 9.53 Å². The van der Waals surface area contributed by atoms with E-state index in [-0.39, 0.29) is 36.5 Å². The summed E-state index contributed by atoms with van der Waals surface area (Å²) in [6.45, 7) is 1.79. The third-order valence-electron chi connectivity index (χ3n) is 4.09. The molecule has 144 valence electrons. The molecule has 0 spiro atoms. The van der Waals surface area contributed by atoms with Gasteiger partial charge in [0, 0.05) is 24.3 Å². The van der Waals surface area contributed by atoms with E-state index >= 15 is 0 Å². The van der Waals surface area contributed by atoms with Crippen LogP contribution in [0.1, 0.15) is 0 Å². The second kappa shape index (κ2) is 9.14. The molecule has 1 saturated heterocycles. The number of nitrogens with zero attached hydrogens (tertiary/aromatic N) is 1. The highest BCUT2D eigenvalue weighted by atomic mass is 35.5. The summed E-state index contributed by atoms with van der Waals surface area (Å²) in [6, 6.07) is 11.6. The Balaban J connectivity index is 0.00000131. The van der Waals surface area contributed by atoms with E-state index in [0.29, 0.717) is 24.7 Å². The van der Waals surface area contributed by atoms with Crippen molar-refractivity contribution in [1.82, 2.24) is 15.3 Å². The van der Waals surface area contributed by atoms with Crippen molar-refractivity contribution in [2.45, 2.75) is 6.10 Å². The molecule has 1 aromatic heterocycles. The van der Waals surface area contributed by atoms with Gasteiger partial charge in [0.05, 0.1) is 17.6 Å². The Hall–Kier alpha value is -2.19. The van der Waals surface area contributed by atoms with Crippen LogP contribution >= 0.6 is 24.8 Å². The van der Waals surface area contributed by atoms with Crippen molar-refractivity contribution < 1.29 is 13.9 Å². The maximum atomic E-state index is 13.0. The van der Waals surface area contributed by atoms with Crippen LogP contribution < -0.4 is 10.6 Å². The van der Waals surface area contributed by atoms with Crippen molar-refractivity contribution in [3.63, 3.8) is 0 Å². The first-order valence-electron chi connectivity index (χ1n) is 8.08. The molecular weight excluding hydrogens is 394 g/mol. The first-order valence-corrected chi connectivity index (χ1v) is 8.08. The van der Waals surface area contributed by atoms with Crippen LogP contribution in [0.2, 0.25) is 0 Å². The standard InChI is InChI=1S/C18H17FN4O2.2ClH/c19-12-3-1-11(2-4-12)17-22-14-6-5-13(9-15(14)23-17)21-18(24)16-10-20-7-8-25-16;;/h1-6,9,16,20H,7-8,10H2,(H,21,24)(H,22,23);2*1H/t16-;;/m1../s1. The highest BCUT2D eigenvalue weighted by molar-refractivity contribution is 5.96. The second-order valence-corrected chi connectivity index (χ2v) is 5.88. The number of imidazole rings is 1. The highest BCUT2D eigenvalue weighted by Crippen LogP contribution is 2.23. The lowest BCUT2D eigenvalue weighted by molar-refractivity contribution is -0.128. The summed E-state index contributed by atoms with van der Waals surface area (Å²) in [5.74, 6) is 0.187. The molecule has 0 unspecified atom stereocenters. The van der Waals surface area contributed by atoms with Crippen molar-refractivity contribution in [2.24, 2.45) is 0 Å². The molecule has 2 aromatic carbocycles. The minimum Gasteiger partial charge on any atom is -0.366 e. The van der Waals surface area contributed by atoms with Gasteiger partial charge in [0.15, 0.2) is 0 Å². The molecule has 1 amide bonds. The van der Waals surface area contributed by atoms with Crippen LogP contribution in [0.4, 0.5) is 10.1 Å². The summed E-state index contributed by atoms with van der Waals surface area (Å²) < 4.78 is 18.5. The number of aromatic nitrogens is 2. The number of hydrogen-bond donors (Lipinski definition) is 3. The zero-order chi connectivity index (χ0) is 17.2. The van der Waals surface area contributed by atoms with E-state index < -0.39 is 6.10 Å². The number of fused-ring (bicyclic) bond motifs is 1. The molecule has 6 nitrogen and oxygen atoms in total. The number of H-pyrrole nitrogens is 1. The topological polar surface area (TPSA) is 79.0 Å². The van der Waals surface area contributed by atoms with Crippen molar-refractivity contribution in [2.75, 3.05) is 25.0 Å². The van der Waals surface area contributed by atoms with Gasteiger partial charge in [0.2, 0.25) is 0 Å². The number of nitrogens with one attached hydrogen (secondary N) is 3. The molecule has 1 fully saturated rings. The fourth-order valence-corrected chi connectivity index (χ4v) is 2.79. The number of aromatic amines is 1. The summed E-state index contributed by atoms with van der Waals surface area (Å²) in [7, 11) is 0. The van der Waals surface area contributed by atoms with Crippen molar-refractivity contribution in [3.05, 3.63) is 48.3 Å². The van der Waals surface area contributed by atoms with E-state index in [9.17, 15) is 9.18 Å². The average molecular weight is 413 g/mol. The fourth-order valence-electron chi connectivity index (χ4n) is 2.79. The summed E-state index contributed by atoms with van der Waals surface area (Å²) in [5, 5.41) is 5.99. The number of benzene rings is 2. The Morgan fingerprint density at radius 3 is 2.67 bits per heavy atom. The summed E-state index contributed by atoms with van der Waals surface area (Å²) in [5.41, 5.74) is 3.03. The van der Waals surface area contributed by atoms with E-state index in [1.165, 1.54) is 12.1 Å². The lowest BCUT2D eigenvalue weighted by Crippen LogP contribution is -2.45. The molecule has 1 aliphatic heterocycles. The summed E-state index contributed by atoms with van der Waals surface area (Å²) >= 11 is 0. The van der Waals surface area contributed by atoms with Crippen LogP contribution in [0.15, 0.2) is 42.5 Å². The first-order chi connectivity index (χ1) is 12.2. The van der Waals surface area contributed by atoms with Crippen LogP contribution in [0.3, 0.4) is 0 Å². The lowest BCUT2D eigenvalue weighted by atomic mass is 10.2. The summed E-state index contributed by atoms with van der Waals surface area (Å²) in [6.07, 6.45) is -0.485. The van der Waals surface area contributed by atoms with Crippen molar-refractivity contribution in [1.29, 1.82) is 0 Å². The van der Waals surface area contributed by atoms with E-state index in [2.05, 4.69) is 20.6 Å². The van der Waals surface area contributed by atoms with Gasteiger partial charge < -0.3 is 20.4 Å². The minimum absolute atomic E-state index is 0. The number of anilines is 1. The predicted molar refractivity (Wildman–Crippen MR) is 107 cm³/mol. The Morgan fingerprint density at radius 1 is 1.19 bits per heavy atom. The molecule has 0 bridgehead atoms. The molecule has 0 radical (unpaired) electrons. The number of rotatable bonds is 3. The maximum absolute atomic E-state index is 13.0. The van der Waals surface area contributed by atoms with Crippen LogP contribution in [0.5, 0.6) is 0 Å². The highest BCUT2D eigenvalue weighted by Gasteiger charge is 2.21. The summed E-state index contributed by atoms with van der Waals surface area (Å²) in [4.78, 5) is 19.9. The first kappa shape index (κ1) is 21.1. The Morgan fingerprint density at radius 2 is 1.96 bits per heavy atom. The van der Waals surface area contributed by atoms with Gasteiger partial charge in [-0.15, -0.1) is 24.8 Å². The lowest BCUT2D eigenvalue weighted by Gasteiger charge is -2.22.